The van der Waals surface area contributed by atoms with Gasteiger partial charge in [-0.3, -0.25) is 14.4 Å². The predicted molar refractivity (Wildman–Crippen MR) is 137 cm³/mol. The Hall–Kier alpha value is -4.36. The molecule has 10 heteroatoms. The van der Waals surface area contributed by atoms with Crippen molar-refractivity contribution >= 4 is 22.8 Å². The first-order valence-electron chi connectivity index (χ1n) is 12.1. The number of hydrogen-bond acceptors (Lipinski definition) is 7. The van der Waals surface area contributed by atoms with E-state index in [0.29, 0.717) is 44.8 Å². The van der Waals surface area contributed by atoms with E-state index in [4.69, 9.17) is 5.26 Å². The van der Waals surface area contributed by atoms with Crippen molar-refractivity contribution in [2.75, 3.05) is 37.6 Å². The fourth-order valence-electron chi connectivity index (χ4n) is 4.66. The Labute approximate surface area is 214 Å². The van der Waals surface area contributed by atoms with E-state index in [1.807, 2.05) is 35.0 Å². The number of rotatable bonds is 7. The molecule has 2 aromatic heterocycles. The SMILES string of the molecule is Cn1ncc2c(N3CCN(C(=O)CN(Cc4ccc(C#N)cc4)Cc4cccc(F)c4)CC3)ncnc21. The first kappa shape index (κ1) is 24.3. The van der Waals surface area contributed by atoms with Crippen LogP contribution in [0.1, 0.15) is 16.7 Å². The molecule has 9 nitrogen and oxygen atoms in total. The van der Waals surface area contributed by atoms with Crippen LogP contribution in [0.4, 0.5) is 10.2 Å². The van der Waals surface area contributed by atoms with Gasteiger partial charge in [0.05, 0.1) is 29.8 Å². The fourth-order valence-corrected chi connectivity index (χ4v) is 4.66. The molecule has 0 saturated carbocycles. The number of carbonyl (C=O) groups excluding carboxylic acids is 1. The minimum absolute atomic E-state index is 0.0268. The second-order valence-electron chi connectivity index (χ2n) is 9.15. The number of nitriles is 1. The lowest BCUT2D eigenvalue weighted by molar-refractivity contribution is -0.133. The summed E-state index contributed by atoms with van der Waals surface area (Å²) in [7, 11) is 1.85. The second-order valence-corrected chi connectivity index (χ2v) is 9.15. The summed E-state index contributed by atoms with van der Waals surface area (Å²) in [5.41, 5.74) is 3.15. The molecule has 0 atom stereocenters. The highest BCUT2D eigenvalue weighted by molar-refractivity contribution is 5.87. The number of aryl methyl sites for hydroxylation is 1. The molecule has 2 aromatic carbocycles. The molecule has 0 bridgehead atoms. The van der Waals surface area contributed by atoms with Crippen LogP contribution in [0.2, 0.25) is 0 Å². The van der Waals surface area contributed by atoms with E-state index in [1.54, 1.807) is 35.4 Å². The Morgan fingerprint density at radius 3 is 2.54 bits per heavy atom. The Balaban J connectivity index is 1.26. The number of fused-ring (bicyclic) bond motifs is 1. The third kappa shape index (κ3) is 5.57. The first-order chi connectivity index (χ1) is 18.0. The molecule has 5 rings (SSSR count). The van der Waals surface area contributed by atoms with Crippen molar-refractivity contribution in [1.29, 1.82) is 5.26 Å². The Bertz CT molecular complexity index is 1440. The summed E-state index contributed by atoms with van der Waals surface area (Å²) in [6.07, 6.45) is 3.32. The lowest BCUT2D eigenvalue weighted by Gasteiger charge is -2.36. The zero-order chi connectivity index (χ0) is 25.8. The predicted octanol–water partition coefficient (Wildman–Crippen LogP) is 2.73. The van der Waals surface area contributed by atoms with Crippen molar-refractivity contribution in [2.24, 2.45) is 7.05 Å². The Morgan fingerprint density at radius 1 is 1.05 bits per heavy atom. The van der Waals surface area contributed by atoms with E-state index in [-0.39, 0.29) is 18.3 Å². The van der Waals surface area contributed by atoms with Gasteiger partial charge in [0.2, 0.25) is 5.91 Å². The van der Waals surface area contributed by atoms with Gasteiger partial charge in [-0.2, -0.15) is 10.4 Å². The quantitative estimate of drug-likeness (QED) is 0.387. The van der Waals surface area contributed by atoms with Crippen molar-refractivity contribution in [3.05, 3.63) is 83.6 Å². The Morgan fingerprint density at radius 2 is 1.81 bits per heavy atom. The van der Waals surface area contributed by atoms with E-state index in [2.05, 4.69) is 26.0 Å². The molecule has 1 amide bonds. The van der Waals surface area contributed by atoms with Crippen LogP contribution < -0.4 is 4.90 Å². The molecular weight excluding hydrogens is 471 g/mol. The highest BCUT2D eigenvalue weighted by Crippen LogP contribution is 2.23. The average molecular weight is 499 g/mol. The van der Waals surface area contributed by atoms with Crippen molar-refractivity contribution in [3.63, 3.8) is 0 Å². The molecule has 0 spiro atoms. The van der Waals surface area contributed by atoms with Gasteiger partial charge < -0.3 is 9.80 Å². The normalized spacial score (nSPS) is 13.8. The minimum atomic E-state index is -0.300. The van der Waals surface area contributed by atoms with Crippen LogP contribution in [0, 0.1) is 17.1 Å². The number of hydrogen-bond donors (Lipinski definition) is 0. The van der Waals surface area contributed by atoms with E-state index in [9.17, 15) is 9.18 Å². The monoisotopic (exact) mass is 498 g/mol. The zero-order valence-electron chi connectivity index (χ0n) is 20.6. The van der Waals surface area contributed by atoms with Crippen LogP contribution in [0.15, 0.2) is 61.1 Å². The standard InChI is InChI=1S/C27H27FN8O/c1-33-26-24(15-32-33)27(31-19-30-26)36-11-9-35(10-12-36)25(37)18-34(17-22-3-2-4-23(28)13-22)16-21-7-5-20(14-29)6-8-21/h2-8,13,15,19H,9-12,16-18H2,1H3. The zero-order valence-corrected chi connectivity index (χ0v) is 20.6. The average Bonchev–Trinajstić information content (AvgIpc) is 3.30. The number of piperazine rings is 1. The van der Waals surface area contributed by atoms with Crippen LogP contribution in [-0.4, -0.2) is 68.2 Å². The highest BCUT2D eigenvalue weighted by atomic mass is 19.1. The maximum atomic E-state index is 13.8. The molecular formula is C27H27FN8O. The summed E-state index contributed by atoms with van der Waals surface area (Å²) in [4.78, 5) is 28.2. The van der Waals surface area contributed by atoms with E-state index < -0.39 is 0 Å². The number of benzene rings is 2. The van der Waals surface area contributed by atoms with Gasteiger partial charge in [0.15, 0.2) is 5.65 Å². The van der Waals surface area contributed by atoms with Gasteiger partial charge in [0.25, 0.3) is 0 Å². The van der Waals surface area contributed by atoms with Gasteiger partial charge in [0.1, 0.15) is 18.0 Å². The van der Waals surface area contributed by atoms with Gasteiger partial charge in [-0.15, -0.1) is 0 Å². The van der Waals surface area contributed by atoms with Crippen LogP contribution in [0.5, 0.6) is 0 Å². The molecule has 0 radical (unpaired) electrons. The lowest BCUT2D eigenvalue weighted by atomic mass is 10.1. The molecule has 37 heavy (non-hydrogen) atoms. The molecule has 0 aliphatic carbocycles. The number of halogens is 1. The lowest BCUT2D eigenvalue weighted by Crippen LogP contribution is -2.51. The highest BCUT2D eigenvalue weighted by Gasteiger charge is 2.25. The van der Waals surface area contributed by atoms with Crippen molar-refractivity contribution in [3.8, 4) is 6.07 Å². The summed E-state index contributed by atoms with van der Waals surface area (Å²) >= 11 is 0. The van der Waals surface area contributed by atoms with E-state index >= 15 is 0 Å². The van der Waals surface area contributed by atoms with Gasteiger partial charge in [-0.25, -0.2) is 14.4 Å². The molecule has 188 valence electrons. The molecule has 0 unspecified atom stereocenters. The second kappa shape index (κ2) is 10.7. The first-order valence-corrected chi connectivity index (χ1v) is 12.1. The summed E-state index contributed by atoms with van der Waals surface area (Å²) in [5, 5.41) is 14.3. The van der Waals surface area contributed by atoms with Crippen LogP contribution in [-0.2, 0) is 24.9 Å². The van der Waals surface area contributed by atoms with Crippen LogP contribution in [0.3, 0.4) is 0 Å². The largest absolute Gasteiger partial charge is 0.352 e. The van der Waals surface area contributed by atoms with Gasteiger partial charge in [-0.1, -0.05) is 24.3 Å². The summed E-state index contributed by atoms with van der Waals surface area (Å²) in [5.74, 6) is 0.559. The van der Waals surface area contributed by atoms with Crippen LogP contribution >= 0.6 is 0 Å². The molecule has 4 aromatic rings. The number of anilines is 1. The number of nitrogens with zero attached hydrogens (tertiary/aromatic N) is 8. The number of aromatic nitrogens is 4. The van der Waals surface area contributed by atoms with E-state index in [1.165, 1.54) is 12.1 Å². The number of amides is 1. The fraction of sp³-hybridized carbons (Fsp3) is 0.296. The summed E-state index contributed by atoms with van der Waals surface area (Å²) in [6.45, 7) is 3.62. The molecule has 1 aliphatic heterocycles. The molecule has 1 saturated heterocycles. The summed E-state index contributed by atoms with van der Waals surface area (Å²) < 4.78 is 15.5. The molecule has 1 fully saturated rings. The maximum absolute atomic E-state index is 13.8. The third-order valence-electron chi connectivity index (χ3n) is 6.58. The maximum Gasteiger partial charge on any atom is 0.236 e. The molecule has 0 N–H and O–H groups in total. The van der Waals surface area contributed by atoms with Crippen molar-refractivity contribution in [1.82, 2.24) is 29.5 Å². The smallest absolute Gasteiger partial charge is 0.236 e. The topological polar surface area (TPSA) is 94.2 Å². The number of carbonyl (C=O) groups is 1. The van der Waals surface area contributed by atoms with Gasteiger partial charge in [-0.05, 0) is 35.4 Å². The van der Waals surface area contributed by atoms with Crippen LogP contribution in [0.25, 0.3) is 11.0 Å². The van der Waals surface area contributed by atoms with Crippen molar-refractivity contribution < 1.29 is 9.18 Å². The minimum Gasteiger partial charge on any atom is -0.352 e. The molecule has 1 aliphatic rings. The van der Waals surface area contributed by atoms with E-state index in [0.717, 1.165) is 28.0 Å². The third-order valence-corrected chi connectivity index (χ3v) is 6.58. The Kier molecular flexibility index (Phi) is 7.05. The van der Waals surface area contributed by atoms with Crippen molar-refractivity contribution in [2.45, 2.75) is 13.1 Å². The summed E-state index contributed by atoms with van der Waals surface area (Å²) in [6, 6.07) is 15.9. The van der Waals surface area contributed by atoms with Gasteiger partial charge in [0, 0.05) is 46.3 Å². The van der Waals surface area contributed by atoms with Gasteiger partial charge >= 0.3 is 0 Å². The molecule has 3 heterocycles.